The zero-order valence-corrected chi connectivity index (χ0v) is 42.8. The molecule has 2 N–H and O–H groups in total. The molecule has 366 valence electrons. The molecule has 0 saturated carbocycles. The molecule has 0 fully saturated rings. The highest BCUT2D eigenvalue weighted by Gasteiger charge is 2.14. The quantitative estimate of drug-likeness (QED) is 0.0268. The number of unbranched alkanes of at least 4 members (excludes halogenated alkanes) is 24. The van der Waals surface area contributed by atoms with E-state index in [-0.39, 0.29) is 12.1 Å². The number of nitrogens with one attached hydrogen (secondary N) is 2. The second kappa shape index (κ2) is 59.0. The third-order valence-electron chi connectivity index (χ3n) is 11.4. The van der Waals surface area contributed by atoms with Crippen molar-refractivity contribution < 1.29 is 23.9 Å². The first-order chi connectivity index (χ1) is 29.9. The van der Waals surface area contributed by atoms with Crippen LogP contribution >= 0.6 is 11.9 Å². The molecule has 0 saturated heterocycles. The van der Waals surface area contributed by atoms with Crippen LogP contribution in [-0.2, 0) is 23.9 Å². The van der Waals surface area contributed by atoms with Gasteiger partial charge in [0.05, 0.1) is 11.9 Å². The first kappa shape index (κ1) is 64.3. The van der Waals surface area contributed by atoms with Crippen LogP contribution in [0.4, 0.5) is 0 Å². The van der Waals surface area contributed by atoms with E-state index in [0.29, 0.717) is 24.7 Å². The van der Waals surface area contributed by atoms with E-state index in [4.69, 9.17) is 9.47 Å². The van der Waals surface area contributed by atoms with Gasteiger partial charge in [0.2, 0.25) is 0 Å². The summed E-state index contributed by atoms with van der Waals surface area (Å²) in [5.41, 5.74) is 0. The minimum Gasteiger partial charge on any atom is -0.462 e. The normalized spacial score (nSPS) is 11.6. The average molecular weight is 887 g/mol. The fourth-order valence-electron chi connectivity index (χ4n) is 7.56. The van der Waals surface area contributed by atoms with Crippen LogP contribution in [0.3, 0.4) is 0 Å². The number of carbonyl (C=O) groups is 3. The van der Waals surface area contributed by atoms with Gasteiger partial charge < -0.3 is 29.3 Å². The van der Waals surface area contributed by atoms with Gasteiger partial charge in [-0.05, 0) is 104 Å². The number of hydrogen-bond acceptors (Lipinski definition) is 9. The second-order valence-electron chi connectivity index (χ2n) is 17.4. The fourth-order valence-corrected chi connectivity index (χ4v) is 8.03. The summed E-state index contributed by atoms with van der Waals surface area (Å²) in [6.45, 7) is 13.3. The zero-order chi connectivity index (χ0) is 45.5. The summed E-state index contributed by atoms with van der Waals surface area (Å²) in [6, 6.07) is 0. The number of carbonyl (C=O) groups excluding carboxylic acids is 3. The van der Waals surface area contributed by atoms with Crippen LogP contribution in [0.1, 0.15) is 252 Å². The van der Waals surface area contributed by atoms with Crippen molar-refractivity contribution in [2.24, 2.45) is 0 Å². The van der Waals surface area contributed by atoms with Gasteiger partial charge in [0, 0.05) is 26.5 Å². The molecule has 0 aromatic rings. The van der Waals surface area contributed by atoms with E-state index in [9.17, 15) is 14.4 Å². The van der Waals surface area contributed by atoms with E-state index >= 15 is 0 Å². The summed E-state index contributed by atoms with van der Waals surface area (Å²) in [5.74, 6) is 0.527. The van der Waals surface area contributed by atoms with Gasteiger partial charge in [-0.2, -0.15) is 0 Å². The third kappa shape index (κ3) is 57.0. The average Bonchev–Trinajstić information content (AvgIpc) is 3.26. The molecule has 0 aliphatic heterocycles. The van der Waals surface area contributed by atoms with Crippen molar-refractivity contribution in [1.82, 2.24) is 14.9 Å². The molecule has 0 amide bonds. The maximum Gasteiger partial charge on any atom is 0.306 e. The fraction of sp³-hybridized carbons (Fsp3) is 0.942. The summed E-state index contributed by atoms with van der Waals surface area (Å²) in [6.07, 6.45) is 44.7. The van der Waals surface area contributed by atoms with Crippen molar-refractivity contribution in [3.8, 4) is 0 Å². The van der Waals surface area contributed by atoms with Gasteiger partial charge in [0.25, 0.3) is 0 Å². The molecule has 1 unspecified atom stereocenters. The molecular weight excluding hydrogens is 779 g/mol. The smallest absolute Gasteiger partial charge is 0.306 e. The van der Waals surface area contributed by atoms with Gasteiger partial charge in [0.15, 0.2) is 0 Å². The van der Waals surface area contributed by atoms with E-state index in [0.717, 1.165) is 90.1 Å². The molecule has 8 nitrogen and oxygen atoms in total. The van der Waals surface area contributed by atoms with Gasteiger partial charge in [0.1, 0.15) is 18.7 Å². The summed E-state index contributed by atoms with van der Waals surface area (Å²) in [4.78, 5) is 36.3. The van der Waals surface area contributed by atoms with Gasteiger partial charge in [-0.15, -0.1) is 0 Å². The number of esters is 1. The number of nitrogens with zero attached hydrogens (tertiary/aromatic N) is 1. The van der Waals surface area contributed by atoms with Crippen molar-refractivity contribution in [3.05, 3.63) is 0 Å². The van der Waals surface area contributed by atoms with Crippen LogP contribution in [0.15, 0.2) is 0 Å². The minimum atomic E-state index is 0.0224. The monoisotopic (exact) mass is 886 g/mol. The van der Waals surface area contributed by atoms with Crippen LogP contribution < -0.4 is 10.0 Å². The lowest BCUT2D eigenvalue weighted by molar-refractivity contribution is -0.150. The first-order valence-electron chi connectivity index (χ1n) is 26.2. The maximum absolute atomic E-state index is 12.7. The molecule has 0 aromatic carbocycles. The highest BCUT2D eigenvalue weighted by Crippen LogP contribution is 2.19. The SMILES string of the molecule is CCCCCCCCC(CC)OC.CCCCCCCCC(CCCCCCCC)OC(=O)CCCCCCCN(CCCCCCCC=O)CCCNSCC=O.CNC. The van der Waals surface area contributed by atoms with E-state index in [2.05, 4.69) is 42.6 Å². The Bertz CT molecular complexity index is 819. The largest absolute Gasteiger partial charge is 0.462 e. The van der Waals surface area contributed by atoms with E-state index in [1.165, 1.54) is 172 Å². The molecule has 0 aromatic heterocycles. The Kier molecular flexibility index (Phi) is 62.2. The standard InChI is InChI=1S/C38H74N2O4S.C12H26O.C2H7N/c1-3-5-7-9-14-20-27-37(28-21-15-10-8-6-4-2)44-38(43)29-22-16-13-18-24-32-40(33-26-30-39-45-36-35-42)31-23-17-11-12-19-25-34-41;1-4-6-7-8-9-10-11-12(5-2)13-3;1-3-2/h34-35,37,39H,3-33,36H2,1-2H3;12H,4-11H2,1-3H3;3H,1-2H3. The minimum absolute atomic E-state index is 0.0224. The molecule has 9 heteroatoms. The van der Waals surface area contributed by atoms with Crippen LogP contribution in [0, 0.1) is 0 Å². The Hall–Kier alpha value is -1.00. The van der Waals surface area contributed by atoms with Crippen molar-refractivity contribution in [1.29, 1.82) is 0 Å². The molecular formula is C52H107N3O5S. The summed E-state index contributed by atoms with van der Waals surface area (Å²) in [5, 5.41) is 2.75. The van der Waals surface area contributed by atoms with Gasteiger partial charge in [-0.3, -0.25) is 9.52 Å². The molecule has 61 heavy (non-hydrogen) atoms. The van der Waals surface area contributed by atoms with Crippen LogP contribution in [-0.4, -0.2) is 88.8 Å². The lowest BCUT2D eigenvalue weighted by atomic mass is 10.0. The zero-order valence-electron chi connectivity index (χ0n) is 42.0. The predicted octanol–water partition coefficient (Wildman–Crippen LogP) is 14.4. The van der Waals surface area contributed by atoms with E-state index in [1.54, 1.807) is 0 Å². The highest BCUT2D eigenvalue weighted by atomic mass is 32.2. The molecule has 0 rings (SSSR count). The number of rotatable bonds is 47. The summed E-state index contributed by atoms with van der Waals surface area (Å²) >= 11 is 1.49. The third-order valence-corrected chi connectivity index (χ3v) is 12.1. The van der Waals surface area contributed by atoms with E-state index < -0.39 is 0 Å². The van der Waals surface area contributed by atoms with Crippen molar-refractivity contribution >= 4 is 30.5 Å². The van der Waals surface area contributed by atoms with Crippen molar-refractivity contribution in [2.75, 3.05) is 53.1 Å². The molecule has 0 heterocycles. The van der Waals surface area contributed by atoms with Gasteiger partial charge in [-0.25, -0.2) is 0 Å². The maximum atomic E-state index is 12.7. The number of methoxy groups -OCH3 is 1. The molecule has 0 aliphatic rings. The first-order valence-corrected chi connectivity index (χ1v) is 27.2. The van der Waals surface area contributed by atoms with Crippen LogP contribution in [0.25, 0.3) is 0 Å². The lowest BCUT2D eigenvalue weighted by Crippen LogP contribution is -2.29. The number of ether oxygens (including phenoxy) is 2. The Labute approximate surface area is 385 Å². The molecule has 1 atom stereocenters. The Morgan fingerprint density at radius 3 is 1.39 bits per heavy atom. The van der Waals surface area contributed by atoms with Crippen molar-refractivity contribution in [2.45, 2.75) is 265 Å². The second-order valence-corrected chi connectivity index (χ2v) is 18.3. The predicted molar refractivity (Wildman–Crippen MR) is 269 cm³/mol. The Morgan fingerprint density at radius 1 is 0.541 bits per heavy atom. The number of aldehydes is 2. The summed E-state index contributed by atoms with van der Waals surface area (Å²) in [7, 11) is 5.57. The van der Waals surface area contributed by atoms with Crippen molar-refractivity contribution in [3.63, 3.8) is 0 Å². The molecule has 0 aliphatic carbocycles. The van der Waals surface area contributed by atoms with Gasteiger partial charge >= 0.3 is 5.97 Å². The Balaban J connectivity index is -0.00000176. The Morgan fingerprint density at radius 2 is 0.951 bits per heavy atom. The van der Waals surface area contributed by atoms with Crippen LogP contribution in [0.2, 0.25) is 0 Å². The number of hydrogen-bond donors (Lipinski definition) is 2. The van der Waals surface area contributed by atoms with Gasteiger partial charge in [-0.1, -0.05) is 181 Å². The van der Waals surface area contributed by atoms with E-state index in [1.807, 2.05) is 21.2 Å². The summed E-state index contributed by atoms with van der Waals surface area (Å²) < 4.78 is 14.6. The highest BCUT2D eigenvalue weighted by molar-refractivity contribution is 7.97. The lowest BCUT2D eigenvalue weighted by Gasteiger charge is -2.22. The van der Waals surface area contributed by atoms with Crippen LogP contribution in [0.5, 0.6) is 0 Å². The molecule has 0 spiro atoms. The topological polar surface area (TPSA) is 97.0 Å². The molecule has 0 bridgehead atoms. The molecule has 0 radical (unpaired) electrons.